The summed E-state index contributed by atoms with van der Waals surface area (Å²) in [5, 5.41) is 3.34. The van der Waals surface area contributed by atoms with Gasteiger partial charge in [-0.2, -0.15) is 13.2 Å². The second-order valence-corrected chi connectivity index (χ2v) is 7.77. The number of carbonyl (C=O) groups is 2. The summed E-state index contributed by atoms with van der Waals surface area (Å²) in [5.74, 6) is -3.76. The molecule has 2 aromatic heterocycles. The summed E-state index contributed by atoms with van der Waals surface area (Å²) >= 11 is 11.7. The van der Waals surface area contributed by atoms with Gasteiger partial charge >= 0.3 is 11.9 Å². The van der Waals surface area contributed by atoms with E-state index in [4.69, 9.17) is 27.6 Å². The lowest BCUT2D eigenvalue weighted by molar-refractivity contribution is -0.196. The number of hydrogen-bond donors (Lipinski definition) is 3. The third kappa shape index (κ3) is 3.60. The SMILES string of the molecule is O=C(N[C@]1(C(F)(F)F)C(=O)Nc2c1c(=O)[nH]c(=O)n2Cc1ccco1)c1ccc(Cl)cc1Cl. The second-order valence-electron chi connectivity index (χ2n) is 6.93. The summed E-state index contributed by atoms with van der Waals surface area (Å²) in [6, 6.07) is 6.29. The third-order valence-electron chi connectivity index (χ3n) is 4.94. The first-order valence-corrected chi connectivity index (χ1v) is 9.77. The van der Waals surface area contributed by atoms with E-state index in [1.807, 2.05) is 5.32 Å². The van der Waals surface area contributed by atoms with Gasteiger partial charge in [0.15, 0.2) is 0 Å². The van der Waals surface area contributed by atoms with Crippen molar-refractivity contribution in [3.8, 4) is 0 Å². The first-order valence-electron chi connectivity index (χ1n) is 9.01. The Labute approximate surface area is 191 Å². The van der Waals surface area contributed by atoms with Gasteiger partial charge in [-0.15, -0.1) is 0 Å². The number of amides is 2. The lowest BCUT2D eigenvalue weighted by Gasteiger charge is -2.30. The molecule has 14 heteroatoms. The highest BCUT2D eigenvalue weighted by Gasteiger charge is 2.68. The maximum Gasteiger partial charge on any atom is 0.425 e. The number of alkyl halides is 3. The number of aromatic amines is 1. The Morgan fingerprint density at radius 1 is 1.18 bits per heavy atom. The number of H-pyrrole nitrogens is 1. The van der Waals surface area contributed by atoms with Crippen molar-refractivity contribution in [3.05, 3.63) is 84.4 Å². The number of furan rings is 1. The molecule has 0 aliphatic carbocycles. The Morgan fingerprint density at radius 3 is 2.52 bits per heavy atom. The zero-order chi connectivity index (χ0) is 24.1. The van der Waals surface area contributed by atoms with Gasteiger partial charge in [0.1, 0.15) is 17.1 Å². The molecule has 1 aliphatic heterocycles. The Hall–Kier alpha value is -3.51. The molecule has 33 heavy (non-hydrogen) atoms. The molecule has 0 saturated heterocycles. The van der Waals surface area contributed by atoms with Crippen molar-refractivity contribution in [3.63, 3.8) is 0 Å². The lowest BCUT2D eigenvalue weighted by atomic mass is 9.91. The van der Waals surface area contributed by atoms with Crippen LogP contribution in [0.1, 0.15) is 21.7 Å². The molecule has 0 fully saturated rings. The van der Waals surface area contributed by atoms with Crippen LogP contribution in [0.2, 0.25) is 10.0 Å². The Morgan fingerprint density at radius 2 is 1.91 bits per heavy atom. The van der Waals surface area contributed by atoms with Gasteiger partial charge in [0.2, 0.25) is 0 Å². The van der Waals surface area contributed by atoms with Crippen LogP contribution in [-0.2, 0) is 16.9 Å². The minimum atomic E-state index is -5.49. The summed E-state index contributed by atoms with van der Waals surface area (Å²) in [5.41, 5.74) is -8.05. The van der Waals surface area contributed by atoms with Crippen LogP contribution in [0.4, 0.5) is 19.0 Å². The van der Waals surface area contributed by atoms with Crippen LogP contribution in [0.5, 0.6) is 0 Å². The van der Waals surface area contributed by atoms with Gasteiger partial charge in [0, 0.05) is 5.02 Å². The van der Waals surface area contributed by atoms with E-state index in [2.05, 4.69) is 0 Å². The van der Waals surface area contributed by atoms with E-state index < -0.39 is 58.3 Å². The molecule has 0 saturated carbocycles. The zero-order valence-electron chi connectivity index (χ0n) is 16.0. The maximum absolute atomic E-state index is 14.4. The van der Waals surface area contributed by atoms with Crippen LogP contribution in [0, 0.1) is 0 Å². The molecule has 9 nitrogen and oxygen atoms in total. The van der Waals surface area contributed by atoms with Gasteiger partial charge < -0.3 is 15.1 Å². The number of anilines is 1. The minimum absolute atomic E-state index is 0.115. The Balaban J connectivity index is 1.91. The van der Waals surface area contributed by atoms with E-state index in [0.717, 1.165) is 12.1 Å². The second kappa shape index (κ2) is 7.81. The highest BCUT2D eigenvalue weighted by molar-refractivity contribution is 6.36. The third-order valence-corrected chi connectivity index (χ3v) is 5.49. The molecule has 172 valence electrons. The van der Waals surface area contributed by atoms with Crippen molar-refractivity contribution in [2.75, 3.05) is 5.32 Å². The number of hydrogen-bond acceptors (Lipinski definition) is 5. The monoisotopic (exact) mass is 502 g/mol. The average Bonchev–Trinajstić information content (AvgIpc) is 3.31. The van der Waals surface area contributed by atoms with E-state index in [1.54, 1.807) is 10.3 Å². The minimum Gasteiger partial charge on any atom is -0.467 e. The van der Waals surface area contributed by atoms with E-state index in [1.165, 1.54) is 24.5 Å². The number of carbonyl (C=O) groups excluding carboxylic acids is 2. The van der Waals surface area contributed by atoms with Crippen LogP contribution < -0.4 is 21.9 Å². The van der Waals surface area contributed by atoms with Crippen LogP contribution in [0.3, 0.4) is 0 Å². The molecule has 2 amide bonds. The molecule has 4 rings (SSSR count). The quantitative estimate of drug-likeness (QED) is 0.505. The normalized spacial score (nSPS) is 17.5. The lowest BCUT2D eigenvalue weighted by Crippen LogP contribution is -2.62. The number of aromatic nitrogens is 2. The number of nitrogens with zero attached hydrogens (tertiary/aromatic N) is 1. The van der Waals surface area contributed by atoms with Crippen LogP contribution >= 0.6 is 23.2 Å². The summed E-state index contributed by atoms with van der Waals surface area (Å²) < 4.78 is 48.9. The summed E-state index contributed by atoms with van der Waals surface area (Å²) in [6.45, 7) is -0.407. The van der Waals surface area contributed by atoms with Gasteiger partial charge in [-0.25, -0.2) is 4.79 Å². The fourth-order valence-electron chi connectivity index (χ4n) is 3.44. The van der Waals surface area contributed by atoms with Crippen LogP contribution in [0.15, 0.2) is 50.6 Å². The first-order chi connectivity index (χ1) is 15.5. The molecular formula is C19H11Cl2F3N4O5. The van der Waals surface area contributed by atoms with E-state index in [0.29, 0.717) is 4.57 Å². The summed E-state index contributed by atoms with van der Waals surface area (Å²) in [4.78, 5) is 52.1. The number of halogens is 5. The molecule has 1 aliphatic rings. The number of nitrogens with one attached hydrogen (secondary N) is 3. The van der Waals surface area contributed by atoms with Crippen molar-refractivity contribution < 1.29 is 27.2 Å². The van der Waals surface area contributed by atoms with Gasteiger partial charge in [0.05, 0.1) is 23.4 Å². The molecule has 3 N–H and O–H groups in total. The Bertz CT molecular complexity index is 1400. The van der Waals surface area contributed by atoms with Gasteiger partial charge in [-0.1, -0.05) is 23.2 Å². The van der Waals surface area contributed by atoms with Gasteiger partial charge in [-0.3, -0.25) is 23.9 Å². The fourth-order valence-corrected chi connectivity index (χ4v) is 3.94. The molecule has 0 unspecified atom stereocenters. The highest BCUT2D eigenvalue weighted by atomic mass is 35.5. The number of benzene rings is 1. The summed E-state index contributed by atoms with van der Waals surface area (Å²) in [7, 11) is 0. The van der Waals surface area contributed by atoms with Crippen molar-refractivity contribution in [1.29, 1.82) is 0 Å². The van der Waals surface area contributed by atoms with Crippen molar-refractivity contribution in [2.24, 2.45) is 0 Å². The first kappa shape index (κ1) is 22.7. The molecule has 0 bridgehead atoms. The van der Waals surface area contributed by atoms with Gasteiger partial charge in [-0.05, 0) is 30.3 Å². The molecule has 1 aromatic carbocycles. The number of rotatable bonds is 4. The Kier molecular flexibility index (Phi) is 5.37. The fraction of sp³-hybridized carbons (Fsp3) is 0.158. The van der Waals surface area contributed by atoms with Crippen molar-refractivity contribution in [2.45, 2.75) is 18.3 Å². The molecule has 1 atom stereocenters. The standard InChI is InChI=1S/C19H11Cl2F3N4O5/c20-8-3-4-10(11(21)6-8)14(29)27-18(19(22,23)24)12-13(25-16(18)31)28(17(32)26-15(12)30)7-9-2-1-5-33-9/h1-6H,7H2,(H,25,31)(H,27,29)(H,26,30,32)/t18-/m0/s1. The van der Waals surface area contributed by atoms with Crippen molar-refractivity contribution >= 4 is 40.8 Å². The molecule has 3 heterocycles. The topological polar surface area (TPSA) is 126 Å². The molecular weight excluding hydrogens is 492 g/mol. The van der Waals surface area contributed by atoms with Crippen LogP contribution in [0.25, 0.3) is 0 Å². The van der Waals surface area contributed by atoms with E-state index >= 15 is 0 Å². The number of fused-ring (bicyclic) bond motifs is 1. The summed E-state index contributed by atoms with van der Waals surface area (Å²) in [6.07, 6.45) is -4.22. The highest BCUT2D eigenvalue weighted by Crippen LogP contribution is 2.45. The maximum atomic E-state index is 14.4. The van der Waals surface area contributed by atoms with Crippen molar-refractivity contribution in [1.82, 2.24) is 14.9 Å². The van der Waals surface area contributed by atoms with E-state index in [9.17, 15) is 32.3 Å². The predicted octanol–water partition coefficient (Wildman–Crippen LogP) is 2.62. The van der Waals surface area contributed by atoms with Crippen LogP contribution in [-0.4, -0.2) is 27.5 Å². The smallest absolute Gasteiger partial charge is 0.425 e. The molecule has 0 spiro atoms. The molecule has 3 aromatic rings. The zero-order valence-corrected chi connectivity index (χ0v) is 17.6. The predicted molar refractivity (Wildman–Crippen MR) is 109 cm³/mol. The molecule has 0 radical (unpaired) electrons. The average molecular weight is 503 g/mol. The van der Waals surface area contributed by atoms with E-state index in [-0.39, 0.29) is 15.8 Å². The largest absolute Gasteiger partial charge is 0.467 e. The van der Waals surface area contributed by atoms with Gasteiger partial charge in [0.25, 0.3) is 22.9 Å².